The molecule has 0 saturated carbocycles. The maximum Gasteiger partial charge on any atom is 0.242 e. The molecule has 1 unspecified atom stereocenters. The summed E-state index contributed by atoms with van der Waals surface area (Å²) in [6.45, 7) is 3.82. The third-order valence-electron chi connectivity index (χ3n) is 3.08. The Morgan fingerprint density at radius 1 is 1.29 bits per heavy atom. The number of hydrogen-bond acceptors (Lipinski definition) is 4. The second-order valence-corrected chi connectivity index (χ2v) is 5.14. The van der Waals surface area contributed by atoms with Gasteiger partial charge in [-0.15, -0.1) is 0 Å². The number of aromatic nitrogens is 1. The highest BCUT2D eigenvalue weighted by atomic mass is 16.3. The lowest BCUT2D eigenvalue weighted by Gasteiger charge is -2.12. The van der Waals surface area contributed by atoms with Crippen LogP contribution in [0.4, 0.5) is 5.82 Å². The zero-order chi connectivity index (χ0) is 15.4. The number of rotatable bonds is 4. The highest BCUT2D eigenvalue weighted by molar-refractivity contribution is 5.94. The Bertz CT molecular complexity index is 618. The van der Waals surface area contributed by atoms with Gasteiger partial charge in [0.15, 0.2) is 0 Å². The highest BCUT2D eigenvalue weighted by Crippen LogP contribution is 2.12. The Hall–Kier alpha value is -2.40. The summed E-state index contributed by atoms with van der Waals surface area (Å²) in [7, 11) is 0. The number of carbonyl (C=O) groups excluding carboxylic acids is 1. The number of phenols is 1. The monoisotopic (exact) mass is 285 g/mol. The number of anilines is 1. The first kappa shape index (κ1) is 15.0. The van der Waals surface area contributed by atoms with Crippen LogP contribution in [0.25, 0.3) is 0 Å². The van der Waals surface area contributed by atoms with Crippen LogP contribution in [0.15, 0.2) is 36.4 Å². The molecule has 2 aromatic rings. The van der Waals surface area contributed by atoms with E-state index in [0.29, 0.717) is 12.2 Å². The summed E-state index contributed by atoms with van der Waals surface area (Å²) in [5.41, 5.74) is 8.68. The number of hydrogen-bond donors (Lipinski definition) is 3. The van der Waals surface area contributed by atoms with Gasteiger partial charge in [0.25, 0.3) is 0 Å². The maximum absolute atomic E-state index is 12.1. The second kappa shape index (κ2) is 6.37. The van der Waals surface area contributed by atoms with Crippen molar-refractivity contribution in [3.63, 3.8) is 0 Å². The van der Waals surface area contributed by atoms with Crippen LogP contribution in [-0.4, -0.2) is 22.0 Å². The van der Waals surface area contributed by atoms with Crippen LogP contribution in [0.3, 0.4) is 0 Å². The lowest BCUT2D eigenvalue weighted by molar-refractivity contribution is -0.117. The van der Waals surface area contributed by atoms with Crippen molar-refractivity contribution in [3.05, 3.63) is 53.2 Å². The van der Waals surface area contributed by atoms with Crippen molar-refractivity contribution in [1.29, 1.82) is 0 Å². The lowest BCUT2D eigenvalue weighted by atomic mass is 10.1. The van der Waals surface area contributed by atoms with E-state index in [1.807, 2.05) is 19.9 Å². The van der Waals surface area contributed by atoms with Crippen molar-refractivity contribution in [2.75, 3.05) is 5.32 Å². The number of nitrogens with one attached hydrogen (secondary N) is 1. The molecule has 0 bridgehead atoms. The fourth-order valence-corrected chi connectivity index (χ4v) is 2.10. The molecule has 0 spiro atoms. The van der Waals surface area contributed by atoms with E-state index >= 15 is 0 Å². The average Bonchev–Trinajstić information content (AvgIpc) is 2.40. The zero-order valence-corrected chi connectivity index (χ0v) is 12.1. The van der Waals surface area contributed by atoms with Crippen molar-refractivity contribution in [3.8, 4) is 5.75 Å². The third kappa shape index (κ3) is 4.29. The van der Waals surface area contributed by atoms with E-state index in [1.54, 1.807) is 30.3 Å². The largest absolute Gasteiger partial charge is 0.508 e. The third-order valence-corrected chi connectivity index (χ3v) is 3.08. The van der Waals surface area contributed by atoms with E-state index in [0.717, 1.165) is 16.8 Å². The van der Waals surface area contributed by atoms with Gasteiger partial charge in [-0.3, -0.25) is 4.79 Å². The van der Waals surface area contributed by atoms with Crippen molar-refractivity contribution in [1.82, 2.24) is 4.98 Å². The molecule has 1 atom stereocenters. The number of nitrogens with two attached hydrogens (primary N) is 1. The summed E-state index contributed by atoms with van der Waals surface area (Å²) in [5.74, 6) is 0.426. The maximum atomic E-state index is 12.1. The summed E-state index contributed by atoms with van der Waals surface area (Å²) in [4.78, 5) is 16.3. The molecule has 4 N–H and O–H groups in total. The normalized spacial score (nSPS) is 12.0. The van der Waals surface area contributed by atoms with Crippen LogP contribution < -0.4 is 11.1 Å². The molecule has 1 aromatic carbocycles. The predicted octanol–water partition coefficient (Wildman–Crippen LogP) is 1.91. The summed E-state index contributed by atoms with van der Waals surface area (Å²) in [6, 6.07) is 9.72. The molecule has 5 nitrogen and oxygen atoms in total. The van der Waals surface area contributed by atoms with Crippen LogP contribution in [0.5, 0.6) is 5.75 Å². The van der Waals surface area contributed by atoms with Crippen LogP contribution in [0.1, 0.15) is 16.8 Å². The van der Waals surface area contributed by atoms with Gasteiger partial charge in [-0.05, 0) is 55.7 Å². The highest BCUT2D eigenvalue weighted by Gasteiger charge is 2.15. The van der Waals surface area contributed by atoms with E-state index in [1.165, 1.54) is 0 Å². The number of nitrogens with zero attached hydrogens (tertiary/aromatic N) is 1. The smallest absolute Gasteiger partial charge is 0.242 e. The first-order valence-corrected chi connectivity index (χ1v) is 6.73. The van der Waals surface area contributed by atoms with Crippen molar-refractivity contribution < 1.29 is 9.90 Å². The molecule has 0 aliphatic rings. The topological polar surface area (TPSA) is 88.2 Å². The molecule has 0 saturated heterocycles. The van der Waals surface area contributed by atoms with Gasteiger partial charge in [0, 0.05) is 5.69 Å². The summed E-state index contributed by atoms with van der Waals surface area (Å²) < 4.78 is 0. The van der Waals surface area contributed by atoms with Gasteiger partial charge in [0.2, 0.25) is 5.91 Å². The molecule has 1 aromatic heterocycles. The number of carbonyl (C=O) groups is 1. The fraction of sp³-hybridized carbons (Fsp3) is 0.250. The van der Waals surface area contributed by atoms with Gasteiger partial charge in [0.1, 0.15) is 11.6 Å². The zero-order valence-electron chi connectivity index (χ0n) is 12.1. The van der Waals surface area contributed by atoms with Crippen molar-refractivity contribution in [2.45, 2.75) is 26.3 Å². The van der Waals surface area contributed by atoms with E-state index in [-0.39, 0.29) is 11.7 Å². The molecule has 5 heteroatoms. The fourth-order valence-electron chi connectivity index (χ4n) is 2.10. The Balaban J connectivity index is 2.00. The molecule has 1 heterocycles. The Morgan fingerprint density at radius 3 is 2.57 bits per heavy atom. The van der Waals surface area contributed by atoms with E-state index in [9.17, 15) is 9.90 Å². The van der Waals surface area contributed by atoms with Gasteiger partial charge in [0.05, 0.1) is 6.04 Å². The predicted molar refractivity (Wildman–Crippen MR) is 82.1 cm³/mol. The summed E-state index contributed by atoms with van der Waals surface area (Å²) >= 11 is 0. The van der Waals surface area contributed by atoms with Gasteiger partial charge < -0.3 is 16.2 Å². The standard InChI is InChI=1S/C16H19N3O2/c1-10-7-11(2)18-15(8-10)19-16(21)14(17)9-12-3-5-13(20)6-4-12/h3-8,14,20H,9,17H2,1-2H3,(H,18,19,21). The molecular formula is C16H19N3O2. The van der Waals surface area contributed by atoms with E-state index < -0.39 is 6.04 Å². The van der Waals surface area contributed by atoms with Gasteiger partial charge in [-0.1, -0.05) is 12.1 Å². The quantitative estimate of drug-likeness (QED) is 0.800. The lowest BCUT2D eigenvalue weighted by Crippen LogP contribution is -2.37. The van der Waals surface area contributed by atoms with Crippen LogP contribution in [0.2, 0.25) is 0 Å². The number of amides is 1. The van der Waals surface area contributed by atoms with E-state index in [2.05, 4.69) is 10.3 Å². The number of phenolic OH excluding ortho intramolecular Hbond substituents is 1. The molecule has 0 aliphatic carbocycles. The SMILES string of the molecule is Cc1cc(C)nc(NC(=O)C(N)Cc2ccc(O)cc2)c1. The van der Waals surface area contributed by atoms with Crippen LogP contribution in [0, 0.1) is 13.8 Å². The minimum Gasteiger partial charge on any atom is -0.508 e. The number of benzene rings is 1. The molecule has 2 rings (SSSR count). The van der Waals surface area contributed by atoms with Crippen LogP contribution in [-0.2, 0) is 11.2 Å². The second-order valence-electron chi connectivity index (χ2n) is 5.14. The summed E-state index contributed by atoms with van der Waals surface area (Å²) in [6.07, 6.45) is 0.400. The van der Waals surface area contributed by atoms with Gasteiger partial charge in [-0.2, -0.15) is 0 Å². The molecule has 110 valence electrons. The van der Waals surface area contributed by atoms with Crippen LogP contribution >= 0.6 is 0 Å². The Kier molecular flexibility index (Phi) is 4.55. The molecular weight excluding hydrogens is 266 g/mol. The first-order chi connectivity index (χ1) is 9.94. The number of aryl methyl sites for hydroxylation is 2. The van der Waals surface area contributed by atoms with Crippen molar-refractivity contribution in [2.24, 2.45) is 5.73 Å². The van der Waals surface area contributed by atoms with E-state index in [4.69, 9.17) is 5.73 Å². The first-order valence-electron chi connectivity index (χ1n) is 6.73. The number of aromatic hydroxyl groups is 1. The Labute approximate surface area is 123 Å². The molecule has 1 amide bonds. The Morgan fingerprint density at radius 2 is 1.95 bits per heavy atom. The van der Waals surface area contributed by atoms with Gasteiger partial charge in [-0.25, -0.2) is 4.98 Å². The summed E-state index contributed by atoms with van der Waals surface area (Å²) in [5, 5.41) is 12.0. The molecule has 21 heavy (non-hydrogen) atoms. The molecule has 0 radical (unpaired) electrons. The van der Waals surface area contributed by atoms with Gasteiger partial charge >= 0.3 is 0 Å². The molecule has 0 fully saturated rings. The van der Waals surface area contributed by atoms with Crippen molar-refractivity contribution >= 4 is 11.7 Å². The molecule has 0 aliphatic heterocycles. The number of pyridine rings is 1. The minimum absolute atomic E-state index is 0.191. The average molecular weight is 285 g/mol. The minimum atomic E-state index is -0.669.